The van der Waals surface area contributed by atoms with Gasteiger partial charge >= 0.3 is 0 Å². The van der Waals surface area contributed by atoms with Crippen LogP contribution in [-0.4, -0.2) is 24.0 Å². The Bertz CT molecular complexity index is 1230. The lowest BCUT2D eigenvalue weighted by atomic mass is 10.2. The molecule has 4 aromatic rings. The van der Waals surface area contributed by atoms with E-state index in [-0.39, 0.29) is 5.91 Å². The maximum Gasteiger partial charge on any atom is 0.257 e. The fraction of sp³-hybridized carbons (Fsp3) is 0.167. The van der Waals surface area contributed by atoms with Gasteiger partial charge < -0.3 is 14.6 Å². The van der Waals surface area contributed by atoms with E-state index in [1.807, 2.05) is 24.3 Å². The van der Waals surface area contributed by atoms with E-state index in [9.17, 15) is 4.79 Å². The summed E-state index contributed by atoms with van der Waals surface area (Å²) in [6, 6.07) is 18.9. The molecule has 7 heteroatoms. The van der Waals surface area contributed by atoms with Crippen LogP contribution in [0, 0.1) is 3.57 Å². The Morgan fingerprint density at radius 2 is 1.81 bits per heavy atom. The molecule has 1 amide bonds. The lowest BCUT2D eigenvalue weighted by Crippen LogP contribution is -2.21. The molecule has 0 bridgehead atoms. The van der Waals surface area contributed by atoms with E-state index in [0.29, 0.717) is 33.3 Å². The minimum Gasteiger partial charge on any atom is -0.436 e. The summed E-state index contributed by atoms with van der Waals surface area (Å²) in [4.78, 5) is 19.5. The Balaban J connectivity index is 1.57. The third-order valence-corrected chi connectivity index (χ3v) is 6.06. The maximum absolute atomic E-state index is 12.6. The molecule has 1 N–H and O–H groups in total. The van der Waals surface area contributed by atoms with Crippen molar-refractivity contribution in [2.75, 3.05) is 23.3 Å². The van der Waals surface area contributed by atoms with Gasteiger partial charge in [-0.1, -0.05) is 11.6 Å². The Morgan fingerprint density at radius 3 is 2.52 bits per heavy atom. The van der Waals surface area contributed by atoms with Gasteiger partial charge in [-0.2, -0.15) is 0 Å². The van der Waals surface area contributed by atoms with Crippen molar-refractivity contribution in [1.29, 1.82) is 0 Å². The van der Waals surface area contributed by atoms with E-state index in [1.165, 1.54) is 5.69 Å². The normalized spacial score (nSPS) is 11.0. The molecule has 1 heterocycles. The standard InChI is InChI=1S/C24H21ClIN3O2/c1-3-29(4-2)18-9-5-15(6-10-18)24-28-21-14-17(8-12-22(21)31-24)27-23(30)19-13-16(26)7-11-20(19)25/h5-14H,3-4H2,1-2H3,(H,27,30). The molecule has 5 nitrogen and oxygen atoms in total. The van der Waals surface area contributed by atoms with Crippen LogP contribution in [0.15, 0.2) is 65.1 Å². The second-order valence-electron chi connectivity index (χ2n) is 7.00. The SMILES string of the molecule is CCN(CC)c1ccc(-c2nc3cc(NC(=O)c4cc(I)ccc4Cl)ccc3o2)cc1. The van der Waals surface area contributed by atoms with Gasteiger partial charge in [0.25, 0.3) is 5.91 Å². The molecule has 0 saturated heterocycles. The summed E-state index contributed by atoms with van der Waals surface area (Å²) >= 11 is 8.33. The van der Waals surface area contributed by atoms with E-state index in [1.54, 1.807) is 24.3 Å². The lowest BCUT2D eigenvalue weighted by Gasteiger charge is -2.20. The van der Waals surface area contributed by atoms with Crippen LogP contribution >= 0.6 is 34.2 Å². The molecule has 0 spiro atoms. The van der Waals surface area contributed by atoms with Crippen LogP contribution in [0.3, 0.4) is 0 Å². The second kappa shape index (κ2) is 9.28. The summed E-state index contributed by atoms with van der Waals surface area (Å²) < 4.78 is 6.87. The summed E-state index contributed by atoms with van der Waals surface area (Å²) in [5, 5.41) is 3.30. The number of anilines is 2. The number of hydrogen-bond acceptors (Lipinski definition) is 4. The van der Waals surface area contributed by atoms with Gasteiger partial charge in [0.05, 0.1) is 10.6 Å². The van der Waals surface area contributed by atoms with E-state index in [4.69, 9.17) is 16.0 Å². The van der Waals surface area contributed by atoms with Gasteiger partial charge in [0, 0.05) is 33.6 Å². The van der Waals surface area contributed by atoms with Crippen molar-refractivity contribution in [3.8, 4) is 11.5 Å². The summed E-state index contributed by atoms with van der Waals surface area (Å²) in [5.74, 6) is 0.281. The molecule has 0 atom stereocenters. The largest absolute Gasteiger partial charge is 0.436 e. The molecule has 1 aromatic heterocycles. The Hall–Kier alpha value is -2.58. The van der Waals surface area contributed by atoms with Gasteiger partial charge in [-0.3, -0.25) is 4.79 Å². The number of carbonyl (C=O) groups excluding carboxylic acids is 1. The first kappa shape index (κ1) is 21.6. The average Bonchev–Trinajstić information content (AvgIpc) is 3.20. The van der Waals surface area contributed by atoms with Gasteiger partial charge in [-0.25, -0.2) is 4.98 Å². The highest BCUT2D eigenvalue weighted by Gasteiger charge is 2.14. The molecule has 0 saturated carbocycles. The first-order chi connectivity index (χ1) is 15.0. The van der Waals surface area contributed by atoms with Crippen LogP contribution in [0.5, 0.6) is 0 Å². The molecule has 0 aliphatic rings. The zero-order valence-electron chi connectivity index (χ0n) is 17.2. The average molecular weight is 546 g/mol. The number of nitrogens with one attached hydrogen (secondary N) is 1. The molecule has 0 aliphatic heterocycles. The third-order valence-electron chi connectivity index (χ3n) is 5.06. The fourth-order valence-corrected chi connectivity index (χ4v) is 4.10. The number of amides is 1. The fourth-order valence-electron chi connectivity index (χ4n) is 3.40. The van der Waals surface area contributed by atoms with Gasteiger partial charge in [-0.05, 0) is 97.1 Å². The first-order valence-electron chi connectivity index (χ1n) is 10.0. The number of halogens is 2. The molecular weight excluding hydrogens is 525 g/mol. The van der Waals surface area contributed by atoms with Crippen LogP contribution in [-0.2, 0) is 0 Å². The number of oxazole rings is 1. The zero-order chi connectivity index (χ0) is 22.0. The minimum atomic E-state index is -0.265. The lowest BCUT2D eigenvalue weighted by molar-refractivity contribution is 0.102. The Labute approximate surface area is 199 Å². The van der Waals surface area contributed by atoms with Crippen molar-refractivity contribution >= 4 is 62.6 Å². The van der Waals surface area contributed by atoms with E-state index < -0.39 is 0 Å². The predicted octanol–water partition coefficient (Wildman–Crippen LogP) is 6.85. The number of fused-ring (bicyclic) bond motifs is 1. The van der Waals surface area contributed by atoms with Gasteiger partial charge in [-0.15, -0.1) is 0 Å². The number of benzene rings is 3. The molecule has 0 radical (unpaired) electrons. The second-order valence-corrected chi connectivity index (χ2v) is 8.65. The van der Waals surface area contributed by atoms with Crippen LogP contribution in [0.2, 0.25) is 5.02 Å². The van der Waals surface area contributed by atoms with Gasteiger partial charge in [0.15, 0.2) is 5.58 Å². The first-order valence-corrected chi connectivity index (χ1v) is 11.5. The molecule has 0 unspecified atom stereocenters. The minimum absolute atomic E-state index is 0.265. The smallest absolute Gasteiger partial charge is 0.257 e. The van der Waals surface area contributed by atoms with Crippen molar-refractivity contribution in [1.82, 2.24) is 4.98 Å². The van der Waals surface area contributed by atoms with Crippen molar-refractivity contribution < 1.29 is 9.21 Å². The number of rotatable bonds is 6. The molecular formula is C24H21ClIN3O2. The maximum atomic E-state index is 12.6. The number of aromatic nitrogens is 1. The van der Waals surface area contributed by atoms with Gasteiger partial charge in [0.2, 0.25) is 5.89 Å². The summed E-state index contributed by atoms with van der Waals surface area (Å²) in [6.07, 6.45) is 0. The van der Waals surface area contributed by atoms with E-state index >= 15 is 0 Å². The van der Waals surface area contributed by atoms with Crippen LogP contribution in [0.25, 0.3) is 22.6 Å². The highest BCUT2D eigenvalue weighted by Crippen LogP contribution is 2.28. The number of nitrogens with zero attached hydrogens (tertiary/aromatic N) is 2. The molecule has 3 aromatic carbocycles. The Morgan fingerprint density at radius 1 is 1.06 bits per heavy atom. The molecule has 31 heavy (non-hydrogen) atoms. The Kier molecular flexibility index (Phi) is 6.48. The van der Waals surface area contributed by atoms with Crippen molar-refractivity contribution in [2.45, 2.75) is 13.8 Å². The topological polar surface area (TPSA) is 58.4 Å². The zero-order valence-corrected chi connectivity index (χ0v) is 20.1. The summed E-state index contributed by atoms with van der Waals surface area (Å²) in [7, 11) is 0. The van der Waals surface area contributed by atoms with Crippen molar-refractivity contribution in [3.05, 3.63) is 74.8 Å². The van der Waals surface area contributed by atoms with Crippen molar-refractivity contribution in [3.63, 3.8) is 0 Å². The predicted molar refractivity (Wildman–Crippen MR) is 135 cm³/mol. The van der Waals surface area contributed by atoms with Crippen LogP contribution < -0.4 is 10.2 Å². The van der Waals surface area contributed by atoms with E-state index in [0.717, 1.165) is 22.2 Å². The molecule has 4 rings (SSSR count). The quantitative estimate of drug-likeness (QED) is 0.269. The van der Waals surface area contributed by atoms with E-state index in [2.05, 4.69) is 63.8 Å². The summed E-state index contributed by atoms with van der Waals surface area (Å²) in [5.41, 5.74) is 4.47. The molecule has 0 aliphatic carbocycles. The number of hydrogen-bond donors (Lipinski definition) is 1. The highest BCUT2D eigenvalue weighted by molar-refractivity contribution is 14.1. The monoisotopic (exact) mass is 545 g/mol. The highest BCUT2D eigenvalue weighted by atomic mass is 127. The van der Waals surface area contributed by atoms with Crippen molar-refractivity contribution in [2.24, 2.45) is 0 Å². The van der Waals surface area contributed by atoms with Crippen LogP contribution in [0.1, 0.15) is 24.2 Å². The third kappa shape index (κ3) is 4.70. The molecule has 158 valence electrons. The van der Waals surface area contributed by atoms with Crippen LogP contribution in [0.4, 0.5) is 11.4 Å². The number of carbonyl (C=O) groups is 1. The molecule has 0 fully saturated rings. The summed E-state index contributed by atoms with van der Waals surface area (Å²) in [6.45, 7) is 6.20. The van der Waals surface area contributed by atoms with Gasteiger partial charge in [0.1, 0.15) is 5.52 Å².